The van der Waals surface area contributed by atoms with Crippen LogP contribution in [0.2, 0.25) is 0 Å². The molecule has 4 aromatic rings. The van der Waals surface area contributed by atoms with Gasteiger partial charge in [0.05, 0.1) is 11.9 Å². The third-order valence-corrected chi connectivity index (χ3v) is 5.52. The minimum absolute atomic E-state index is 0.00533. The fraction of sp³-hybridized carbons (Fsp3) is 0.208. The average Bonchev–Trinajstić information content (AvgIpc) is 2.83. The van der Waals surface area contributed by atoms with Gasteiger partial charge in [0.1, 0.15) is 5.82 Å². The van der Waals surface area contributed by atoms with Crippen LogP contribution in [0.4, 0.5) is 11.5 Å². The van der Waals surface area contributed by atoms with Crippen LogP contribution in [0.25, 0.3) is 10.8 Å². The Kier molecular flexibility index (Phi) is 6.13. The van der Waals surface area contributed by atoms with E-state index in [4.69, 9.17) is 5.73 Å². The van der Waals surface area contributed by atoms with Crippen LogP contribution in [0.3, 0.4) is 0 Å². The third kappa shape index (κ3) is 4.01. The van der Waals surface area contributed by atoms with E-state index in [1.807, 2.05) is 37.3 Å². The van der Waals surface area contributed by atoms with E-state index in [0.717, 1.165) is 10.2 Å². The summed E-state index contributed by atoms with van der Waals surface area (Å²) < 4.78 is 2.30. The Morgan fingerprint density at radius 3 is 2.35 bits per heavy atom. The van der Waals surface area contributed by atoms with E-state index >= 15 is 0 Å². The summed E-state index contributed by atoms with van der Waals surface area (Å²) in [6, 6.07) is 15.8. The number of nitrogen functional groups attached to an aromatic ring is 1. The summed E-state index contributed by atoms with van der Waals surface area (Å²) >= 11 is 0. The first-order valence-corrected chi connectivity index (χ1v) is 10.8. The molecule has 4 rings (SSSR count). The van der Waals surface area contributed by atoms with Crippen LogP contribution in [-0.4, -0.2) is 31.8 Å². The monoisotopic (exact) mass is 460 g/mol. The molecule has 3 N–H and O–H groups in total. The number of fused-ring (bicyclic) bond motifs is 1. The Morgan fingerprint density at radius 2 is 1.68 bits per heavy atom. The minimum atomic E-state index is -0.775. The van der Waals surface area contributed by atoms with Crippen molar-refractivity contribution in [2.75, 3.05) is 17.2 Å². The Balaban J connectivity index is 1.89. The molecular formula is C24H24N6O4. The lowest BCUT2D eigenvalue weighted by molar-refractivity contribution is 0.0981. The van der Waals surface area contributed by atoms with Gasteiger partial charge in [-0.15, -0.1) is 0 Å². The average molecular weight is 460 g/mol. The lowest BCUT2D eigenvalue weighted by Gasteiger charge is -2.24. The number of nitrogens with two attached hydrogens (primary N) is 1. The molecule has 0 saturated carbocycles. The summed E-state index contributed by atoms with van der Waals surface area (Å²) in [6.45, 7) is 2.11. The standard InChI is InChI=1S/C24H24N6O4/c1-3-13-29(23(33)18-16-11-7-8-12-17(16)22(32)28(2)27-18)19-20(25)30(24(34)26-21(19)31)14-15-9-5-4-6-10-15/h4-12H,3,13-14,25H2,1-2H3,(H,26,31,34). The molecule has 0 unspecified atom stereocenters. The number of amides is 1. The lowest BCUT2D eigenvalue weighted by atomic mass is 10.1. The Labute approximate surface area is 193 Å². The van der Waals surface area contributed by atoms with E-state index in [0.29, 0.717) is 17.2 Å². The number of aromatic nitrogens is 4. The van der Waals surface area contributed by atoms with Crippen molar-refractivity contribution in [1.29, 1.82) is 0 Å². The highest BCUT2D eigenvalue weighted by molar-refractivity contribution is 6.13. The van der Waals surface area contributed by atoms with Crippen LogP contribution in [0.1, 0.15) is 29.4 Å². The highest BCUT2D eigenvalue weighted by atomic mass is 16.2. The molecule has 0 saturated heterocycles. The molecule has 2 aromatic carbocycles. The summed E-state index contributed by atoms with van der Waals surface area (Å²) in [5.74, 6) is -0.732. The van der Waals surface area contributed by atoms with E-state index in [9.17, 15) is 19.2 Å². The number of aryl methyl sites for hydroxylation is 1. The summed E-state index contributed by atoms with van der Waals surface area (Å²) in [7, 11) is 1.46. The second-order valence-electron chi connectivity index (χ2n) is 7.84. The maximum atomic E-state index is 13.7. The van der Waals surface area contributed by atoms with Crippen molar-refractivity contribution in [1.82, 2.24) is 19.3 Å². The normalized spacial score (nSPS) is 11.0. The van der Waals surface area contributed by atoms with Gasteiger partial charge in [-0.25, -0.2) is 9.48 Å². The second kappa shape index (κ2) is 9.18. The van der Waals surface area contributed by atoms with Gasteiger partial charge >= 0.3 is 5.69 Å². The maximum absolute atomic E-state index is 13.7. The highest BCUT2D eigenvalue weighted by Crippen LogP contribution is 2.22. The summed E-state index contributed by atoms with van der Waals surface area (Å²) in [5.41, 5.74) is 5.19. The molecule has 10 heteroatoms. The fourth-order valence-corrected chi connectivity index (χ4v) is 3.89. The van der Waals surface area contributed by atoms with Crippen LogP contribution in [-0.2, 0) is 13.6 Å². The number of anilines is 2. The van der Waals surface area contributed by atoms with Crippen molar-refractivity contribution >= 4 is 28.2 Å². The van der Waals surface area contributed by atoms with E-state index < -0.39 is 17.2 Å². The first-order chi connectivity index (χ1) is 16.3. The zero-order valence-corrected chi connectivity index (χ0v) is 18.8. The van der Waals surface area contributed by atoms with Crippen LogP contribution in [0.5, 0.6) is 0 Å². The molecule has 2 heterocycles. The predicted octanol–water partition coefficient (Wildman–Crippen LogP) is 1.47. The molecule has 174 valence electrons. The zero-order chi connectivity index (χ0) is 24.4. The molecule has 0 atom stereocenters. The van der Waals surface area contributed by atoms with Gasteiger partial charge in [0.2, 0.25) is 0 Å². The molecule has 1 amide bonds. The molecule has 0 bridgehead atoms. The van der Waals surface area contributed by atoms with E-state index in [1.54, 1.807) is 24.3 Å². The number of nitrogens with one attached hydrogen (secondary N) is 1. The molecular weight excluding hydrogens is 436 g/mol. The van der Waals surface area contributed by atoms with Gasteiger partial charge in [-0.3, -0.25) is 28.8 Å². The van der Waals surface area contributed by atoms with Crippen LogP contribution < -0.4 is 27.4 Å². The van der Waals surface area contributed by atoms with Crippen molar-refractivity contribution in [2.24, 2.45) is 7.05 Å². The Morgan fingerprint density at radius 1 is 1.03 bits per heavy atom. The van der Waals surface area contributed by atoms with Crippen LogP contribution >= 0.6 is 0 Å². The van der Waals surface area contributed by atoms with Crippen molar-refractivity contribution < 1.29 is 4.79 Å². The van der Waals surface area contributed by atoms with Gasteiger partial charge in [-0.05, 0) is 18.1 Å². The largest absolute Gasteiger partial charge is 0.383 e. The minimum Gasteiger partial charge on any atom is -0.383 e. The van der Waals surface area contributed by atoms with Gasteiger partial charge in [0.25, 0.3) is 17.0 Å². The molecule has 2 aromatic heterocycles. The quantitative estimate of drug-likeness (QED) is 0.447. The van der Waals surface area contributed by atoms with E-state index in [1.165, 1.54) is 16.5 Å². The van der Waals surface area contributed by atoms with E-state index in [2.05, 4.69) is 10.1 Å². The van der Waals surface area contributed by atoms with Crippen molar-refractivity contribution in [2.45, 2.75) is 19.9 Å². The zero-order valence-electron chi connectivity index (χ0n) is 18.8. The molecule has 10 nitrogen and oxygen atoms in total. The smallest absolute Gasteiger partial charge is 0.330 e. The molecule has 0 radical (unpaired) electrons. The lowest BCUT2D eigenvalue weighted by Crippen LogP contribution is -2.42. The van der Waals surface area contributed by atoms with Gasteiger partial charge in [-0.1, -0.05) is 55.5 Å². The number of hydrogen-bond donors (Lipinski definition) is 2. The molecule has 0 fully saturated rings. The van der Waals surface area contributed by atoms with Crippen molar-refractivity contribution in [3.8, 4) is 0 Å². The molecule has 0 aliphatic rings. The topological polar surface area (TPSA) is 136 Å². The second-order valence-corrected chi connectivity index (χ2v) is 7.84. The van der Waals surface area contributed by atoms with E-state index in [-0.39, 0.29) is 35.8 Å². The van der Waals surface area contributed by atoms with Gasteiger partial charge < -0.3 is 5.73 Å². The summed E-state index contributed by atoms with van der Waals surface area (Å²) in [6.07, 6.45) is 0.506. The SMILES string of the molecule is CCCN(C(=O)c1nn(C)c(=O)c2ccccc12)c1c(N)n(Cc2ccccc2)c(=O)[nH]c1=O. The molecule has 34 heavy (non-hydrogen) atoms. The van der Waals surface area contributed by atoms with Crippen LogP contribution in [0.15, 0.2) is 69.0 Å². The first kappa shape index (κ1) is 22.7. The number of aromatic amines is 1. The number of carbonyl (C=O) groups excluding carboxylic acids is 1. The van der Waals surface area contributed by atoms with Crippen molar-refractivity contribution in [3.63, 3.8) is 0 Å². The highest BCUT2D eigenvalue weighted by Gasteiger charge is 2.27. The summed E-state index contributed by atoms with van der Waals surface area (Å²) in [4.78, 5) is 55.2. The number of carbonyl (C=O) groups is 1. The number of H-pyrrole nitrogens is 1. The molecule has 0 aliphatic carbocycles. The van der Waals surface area contributed by atoms with Gasteiger partial charge in [0, 0.05) is 19.0 Å². The summed E-state index contributed by atoms with van der Waals surface area (Å²) in [5, 5.41) is 4.88. The molecule has 0 spiro atoms. The van der Waals surface area contributed by atoms with Gasteiger partial charge in [0.15, 0.2) is 11.4 Å². The number of benzene rings is 2. The van der Waals surface area contributed by atoms with Gasteiger partial charge in [-0.2, -0.15) is 5.10 Å². The number of nitrogens with zero attached hydrogens (tertiary/aromatic N) is 4. The predicted molar refractivity (Wildman–Crippen MR) is 130 cm³/mol. The third-order valence-electron chi connectivity index (χ3n) is 5.52. The number of hydrogen-bond acceptors (Lipinski definition) is 6. The first-order valence-electron chi connectivity index (χ1n) is 10.8. The van der Waals surface area contributed by atoms with Crippen LogP contribution in [0, 0.1) is 0 Å². The maximum Gasteiger partial charge on any atom is 0.330 e. The molecule has 0 aliphatic heterocycles. The fourth-order valence-electron chi connectivity index (χ4n) is 3.89. The Hall–Kier alpha value is -4.47. The number of rotatable bonds is 6. The Bertz CT molecular complexity index is 1550. The van der Waals surface area contributed by atoms with Crippen molar-refractivity contribution in [3.05, 3.63) is 97.0 Å².